The van der Waals surface area contributed by atoms with Gasteiger partial charge in [-0.3, -0.25) is 0 Å². The monoisotopic (exact) mass is 345 g/mol. The zero-order chi connectivity index (χ0) is 16.3. The average molecular weight is 345 g/mol. The summed E-state index contributed by atoms with van der Waals surface area (Å²) in [7, 11) is -2.61. The first-order valence-electron chi connectivity index (χ1n) is 6.40. The van der Waals surface area contributed by atoms with Crippen molar-refractivity contribution in [1.82, 2.24) is 4.72 Å². The largest absolute Gasteiger partial charge is 0.494 e. The summed E-state index contributed by atoms with van der Waals surface area (Å²) in [5.41, 5.74) is 0.896. The molecule has 0 spiro atoms. The Morgan fingerprint density at radius 2 is 2.14 bits per heavy atom. The van der Waals surface area contributed by atoms with Crippen molar-refractivity contribution >= 4 is 21.4 Å². The van der Waals surface area contributed by atoms with Gasteiger partial charge in [-0.2, -0.15) is 0 Å². The molecule has 120 valence electrons. The summed E-state index contributed by atoms with van der Waals surface area (Å²) < 4.78 is 44.8. The fourth-order valence-corrected chi connectivity index (χ4v) is 3.87. The zero-order valence-corrected chi connectivity index (χ0v) is 13.7. The lowest BCUT2D eigenvalue weighted by Crippen LogP contribution is -2.28. The van der Waals surface area contributed by atoms with Gasteiger partial charge >= 0.3 is 0 Å². The van der Waals surface area contributed by atoms with Crippen LogP contribution in [-0.4, -0.2) is 27.2 Å². The molecule has 0 fully saturated rings. The van der Waals surface area contributed by atoms with Gasteiger partial charge in [-0.25, -0.2) is 17.5 Å². The van der Waals surface area contributed by atoms with Crippen molar-refractivity contribution in [3.63, 3.8) is 0 Å². The van der Waals surface area contributed by atoms with E-state index in [1.165, 1.54) is 30.6 Å². The molecule has 0 aliphatic carbocycles. The first kappa shape index (κ1) is 16.9. The maximum Gasteiger partial charge on any atom is 0.240 e. The van der Waals surface area contributed by atoms with Crippen LogP contribution in [0.3, 0.4) is 0 Å². The number of aliphatic hydroxyl groups excluding tert-OH is 1. The Morgan fingerprint density at radius 1 is 1.41 bits per heavy atom. The lowest BCUT2D eigenvalue weighted by Gasteiger charge is -2.12. The third-order valence-electron chi connectivity index (χ3n) is 3.10. The Kier molecular flexibility index (Phi) is 5.17. The number of thiophene rings is 1. The number of nitrogens with one attached hydrogen (secondary N) is 1. The highest BCUT2D eigenvalue weighted by Crippen LogP contribution is 2.24. The van der Waals surface area contributed by atoms with Crippen LogP contribution in [0.4, 0.5) is 4.39 Å². The molecule has 0 aliphatic rings. The van der Waals surface area contributed by atoms with E-state index in [1.54, 1.807) is 0 Å². The molecular formula is C14H16FNO4S2. The number of benzene rings is 1. The number of aryl methyl sites for hydroxylation is 1. The predicted octanol–water partition coefficient (Wildman–Crippen LogP) is 2.22. The van der Waals surface area contributed by atoms with Gasteiger partial charge in [0.15, 0.2) is 11.6 Å². The second kappa shape index (κ2) is 6.74. The number of ether oxygens (including phenoxy) is 1. The molecule has 1 aromatic carbocycles. The number of sulfonamides is 1. The van der Waals surface area contributed by atoms with Crippen molar-refractivity contribution in [2.75, 3.05) is 13.7 Å². The topological polar surface area (TPSA) is 75.6 Å². The fraction of sp³-hybridized carbons (Fsp3) is 0.286. The van der Waals surface area contributed by atoms with Crippen molar-refractivity contribution in [3.05, 3.63) is 45.9 Å². The van der Waals surface area contributed by atoms with Crippen molar-refractivity contribution in [2.24, 2.45) is 0 Å². The van der Waals surface area contributed by atoms with E-state index in [0.717, 1.165) is 11.6 Å². The lowest BCUT2D eigenvalue weighted by atomic mass is 10.2. The molecule has 0 bridgehead atoms. The highest BCUT2D eigenvalue weighted by atomic mass is 32.2. The van der Waals surface area contributed by atoms with Crippen LogP contribution in [0, 0.1) is 12.7 Å². The van der Waals surface area contributed by atoms with Gasteiger partial charge in [0.05, 0.1) is 12.0 Å². The summed E-state index contributed by atoms with van der Waals surface area (Å²) in [4.78, 5) is 0.476. The number of rotatable bonds is 6. The second-order valence-electron chi connectivity index (χ2n) is 4.63. The normalized spacial score (nSPS) is 13.1. The van der Waals surface area contributed by atoms with E-state index in [1.807, 2.05) is 18.4 Å². The van der Waals surface area contributed by atoms with Gasteiger partial charge in [0, 0.05) is 11.4 Å². The number of hydrogen-bond donors (Lipinski definition) is 2. The Morgan fingerprint density at radius 3 is 2.68 bits per heavy atom. The molecule has 8 heteroatoms. The first-order chi connectivity index (χ1) is 10.3. The fourth-order valence-electron chi connectivity index (χ4n) is 1.90. The summed E-state index contributed by atoms with van der Waals surface area (Å²) in [6, 6.07) is 5.21. The Hall–Kier alpha value is -1.48. The molecule has 2 rings (SSSR count). The third kappa shape index (κ3) is 3.64. The Labute approximate surface area is 132 Å². The van der Waals surface area contributed by atoms with E-state index >= 15 is 0 Å². The van der Waals surface area contributed by atoms with Crippen LogP contribution in [0.2, 0.25) is 0 Å². The van der Waals surface area contributed by atoms with Crippen molar-refractivity contribution in [1.29, 1.82) is 0 Å². The molecule has 0 saturated carbocycles. The smallest absolute Gasteiger partial charge is 0.240 e. The molecule has 2 N–H and O–H groups in total. The summed E-state index contributed by atoms with van der Waals surface area (Å²) in [6.45, 7) is 1.65. The van der Waals surface area contributed by atoms with Crippen LogP contribution in [-0.2, 0) is 10.0 Å². The van der Waals surface area contributed by atoms with E-state index in [9.17, 15) is 17.9 Å². The lowest BCUT2D eigenvalue weighted by molar-refractivity contribution is 0.185. The van der Waals surface area contributed by atoms with Crippen LogP contribution >= 0.6 is 11.3 Å². The number of hydrogen-bond acceptors (Lipinski definition) is 5. The molecule has 22 heavy (non-hydrogen) atoms. The molecule has 0 radical (unpaired) electrons. The minimum Gasteiger partial charge on any atom is -0.494 e. The van der Waals surface area contributed by atoms with Crippen molar-refractivity contribution in [2.45, 2.75) is 17.9 Å². The van der Waals surface area contributed by atoms with Gasteiger partial charge in [-0.1, -0.05) is 0 Å². The van der Waals surface area contributed by atoms with Gasteiger partial charge in [0.1, 0.15) is 6.10 Å². The van der Waals surface area contributed by atoms with Gasteiger partial charge in [-0.15, -0.1) is 11.3 Å². The van der Waals surface area contributed by atoms with Crippen LogP contribution in [0.5, 0.6) is 5.75 Å². The SMILES string of the molecule is COc1ccc(S(=O)(=O)NCC(O)c2sccc2C)cc1F. The first-order valence-corrected chi connectivity index (χ1v) is 8.76. The minimum absolute atomic E-state index is 0.0341. The van der Waals surface area contributed by atoms with E-state index in [-0.39, 0.29) is 17.2 Å². The number of halogens is 1. The average Bonchev–Trinajstić information content (AvgIpc) is 2.91. The van der Waals surface area contributed by atoms with Crippen LogP contribution in [0.25, 0.3) is 0 Å². The quantitative estimate of drug-likeness (QED) is 0.842. The molecular weight excluding hydrogens is 329 g/mol. The highest BCUT2D eigenvalue weighted by molar-refractivity contribution is 7.89. The molecule has 1 unspecified atom stereocenters. The van der Waals surface area contributed by atoms with Gasteiger partial charge in [-0.05, 0) is 42.1 Å². The molecule has 1 heterocycles. The van der Waals surface area contributed by atoms with E-state index in [4.69, 9.17) is 4.74 Å². The zero-order valence-electron chi connectivity index (χ0n) is 12.0. The Balaban J connectivity index is 2.11. The van der Waals surface area contributed by atoms with E-state index in [0.29, 0.717) is 4.88 Å². The van der Waals surface area contributed by atoms with Gasteiger partial charge in [0.25, 0.3) is 0 Å². The number of aliphatic hydroxyl groups is 1. The maximum absolute atomic E-state index is 13.6. The van der Waals surface area contributed by atoms with Crippen molar-refractivity contribution < 1.29 is 22.7 Å². The molecule has 0 aliphatic heterocycles. The molecule has 0 amide bonds. The summed E-state index contributed by atoms with van der Waals surface area (Å²) >= 11 is 1.35. The van der Waals surface area contributed by atoms with E-state index in [2.05, 4.69) is 4.72 Å². The summed E-state index contributed by atoms with van der Waals surface area (Å²) in [5, 5.41) is 11.8. The molecule has 2 aromatic rings. The molecule has 5 nitrogen and oxygen atoms in total. The highest BCUT2D eigenvalue weighted by Gasteiger charge is 2.19. The van der Waals surface area contributed by atoms with Crippen molar-refractivity contribution in [3.8, 4) is 5.75 Å². The summed E-state index contributed by atoms with van der Waals surface area (Å²) in [6.07, 6.45) is -0.946. The van der Waals surface area contributed by atoms with Crippen LogP contribution in [0.1, 0.15) is 16.5 Å². The van der Waals surface area contributed by atoms with Gasteiger partial charge in [0.2, 0.25) is 10.0 Å². The standard InChI is InChI=1S/C14H16FNO4S2/c1-9-5-6-21-14(9)12(17)8-16-22(18,19)10-3-4-13(20-2)11(15)7-10/h3-7,12,16-17H,8H2,1-2H3. The number of methoxy groups -OCH3 is 1. The third-order valence-corrected chi connectivity index (χ3v) is 5.65. The molecule has 1 atom stereocenters. The Bertz CT molecular complexity index is 758. The van der Waals surface area contributed by atoms with E-state index < -0.39 is 21.9 Å². The minimum atomic E-state index is -3.91. The van der Waals surface area contributed by atoms with Gasteiger partial charge < -0.3 is 9.84 Å². The molecule has 0 saturated heterocycles. The maximum atomic E-state index is 13.6. The second-order valence-corrected chi connectivity index (χ2v) is 7.35. The predicted molar refractivity (Wildman–Crippen MR) is 82.2 cm³/mol. The van der Waals surface area contributed by atoms with Crippen LogP contribution in [0.15, 0.2) is 34.5 Å². The van der Waals surface area contributed by atoms with Crippen LogP contribution < -0.4 is 9.46 Å². The molecule has 1 aromatic heterocycles. The summed E-state index contributed by atoms with van der Waals surface area (Å²) in [5.74, 6) is -0.798.